The fourth-order valence-corrected chi connectivity index (χ4v) is 3.64. The van der Waals surface area contributed by atoms with Crippen molar-refractivity contribution in [2.75, 3.05) is 6.61 Å². The van der Waals surface area contributed by atoms with Crippen molar-refractivity contribution in [3.05, 3.63) is 41.5 Å². The van der Waals surface area contributed by atoms with E-state index < -0.39 is 5.97 Å². The van der Waals surface area contributed by atoms with Crippen molar-refractivity contribution in [2.24, 2.45) is 18.9 Å². The molecule has 4 rings (SSSR count). The molecule has 2 atom stereocenters. The Hall–Kier alpha value is -3.56. The van der Waals surface area contributed by atoms with Crippen molar-refractivity contribution in [1.29, 1.82) is 0 Å². The predicted molar refractivity (Wildman–Crippen MR) is 114 cm³/mol. The summed E-state index contributed by atoms with van der Waals surface area (Å²) < 4.78 is 13.3. The summed E-state index contributed by atoms with van der Waals surface area (Å²) in [7, 11) is 1.79. The molecule has 0 spiro atoms. The third-order valence-corrected chi connectivity index (χ3v) is 5.80. The van der Waals surface area contributed by atoms with Gasteiger partial charge in [0, 0.05) is 24.9 Å². The molecule has 0 bridgehead atoms. The quantitative estimate of drug-likeness (QED) is 0.536. The van der Waals surface area contributed by atoms with Gasteiger partial charge in [-0.25, -0.2) is 19.6 Å². The largest absolute Gasteiger partial charge is 0.491 e. The topological polar surface area (TPSA) is 125 Å². The average Bonchev–Trinajstić information content (AvgIpc) is 3.12. The summed E-state index contributed by atoms with van der Waals surface area (Å²) in [4.78, 5) is 24.3. The molecule has 10 heteroatoms. The van der Waals surface area contributed by atoms with Gasteiger partial charge in [0.2, 0.25) is 0 Å². The van der Waals surface area contributed by atoms with E-state index in [1.165, 1.54) is 0 Å². The summed E-state index contributed by atoms with van der Waals surface area (Å²) in [5, 5.41) is 17.6. The molecule has 3 aromatic rings. The van der Waals surface area contributed by atoms with E-state index in [9.17, 15) is 9.90 Å². The van der Waals surface area contributed by atoms with Crippen LogP contribution in [0.25, 0.3) is 11.4 Å². The van der Waals surface area contributed by atoms with Gasteiger partial charge >= 0.3 is 12.0 Å². The molecule has 3 aromatic heterocycles. The van der Waals surface area contributed by atoms with Crippen molar-refractivity contribution in [2.45, 2.75) is 39.7 Å². The summed E-state index contributed by atoms with van der Waals surface area (Å²) in [6.07, 6.45) is 4.06. The van der Waals surface area contributed by atoms with Gasteiger partial charge in [0.15, 0.2) is 0 Å². The number of carboxylic acid groups (broad SMARTS) is 1. The molecule has 0 saturated heterocycles. The highest BCUT2D eigenvalue weighted by Gasteiger charge is 2.37. The first-order chi connectivity index (χ1) is 15.5. The van der Waals surface area contributed by atoms with Gasteiger partial charge in [-0.05, 0) is 44.4 Å². The standard InChI is InChI=1S/C22H26N6O4/c1-4-15-9-10-23-22(25-15)32-12-18-20(26-27-28(18)3)17-7-8-19(13(2)24-17)31-11-14-5-6-16(14)21(29)30/h7-10,14,16H,4-6,11-12H2,1-3H3,(H,29,30)/t14-,16+/m0/s1. The second-order valence-corrected chi connectivity index (χ2v) is 7.85. The lowest BCUT2D eigenvalue weighted by atomic mass is 9.74. The molecule has 1 saturated carbocycles. The maximum atomic E-state index is 11.2. The van der Waals surface area contributed by atoms with Gasteiger partial charge in [-0.15, -0.1) is 5.10 Å². The van der Waals surface area contributed by atoms with Crippen LogP contribution in [0.1, 0.15) is 36.8 Å². The Morgan fingerprint density at radius 3 is 2.75 bits per heavy atom. The first-order valence-corrected chi connectivity index (χ1v) is 10.6. The van der Waals surface area contributed by atoms with E-state index in [-0.39, 0.29) is 18.4 Å². The molecule has 1 N–H and O–H groups in total. The molecule has 10 nitrogen and oxygen atoms in total. The van der Waals surface area contributed by atoms with Crippen molar-refractivity contribution in [3.63, 3.8) is 0 Å². The summed E-state index contributed by atoms with van der Waals surface area (Å²) in [6, 6.07) is 5.81. The number of ether oxygens (including phenoxy) is 2. The Labute approximate surface area is 185 Å². The first-order valence-electron chi connectivity index (χ1n) is 10.6. The lowest BCUT2D eigenvalue weighted by molar-refractivity contribution is -0.148. The molecule has 32 heavy (non-hydrogen) atoms. The number of nitrogens with zero attached hydrogens (tertiary/aromatic N) is 6. The molecule has 0 aliphatic heterocycles. The Morgan fingerprint density at radius 1 is 1.22 bits per heavy atom. The van der Waals surface area contributed by atoms with E-state index in [1.54, 1.807) is 17.9 Å². The van der Waals surface area contributed by atoms with Gasteiger partial charge in [-0.3, -0.25) is 4.79 Å². The van der Waals surface area contributed by atoms with Gasteiger partial charge < -0.3 is 14.6 Å². The number of aliphatic carboxylic acids is 1. The minimum absolute atomic E-state index is 0.0451. The van der Waals surface area contributed by atoms with Gasteiger partial charge in [0.25, 0.3) is 0 Å². The SMILES string of the molecule is CCc1ccnc(OCc2c(-c3ccc(OC[C@@H]4CC[C@H]4C(=O)O)c(C)n3)nnn2C)n1. The summed E-state index contributed by atoms with van der Waals surface area (Å²) >= 11 is 0. The van der Waals surface area contributed by atoms with Crippen molar-refractivity contribution in [3.8, 4) is 23.1 Å². The molecule has 0 radical (unpaired) electrons. The Morgan fingerprint density at radius 2 is 2.06 bits per heavy atom. The van der Waals surface area contributed by atoms with Crippen LogP contribution < -0.4 is 9.47 Å². The number of carbonyl (C=O) groups is 1. The van der Waals surface area contributed by atoms with E-state index >= 15 is 0 Å². The summed E-state index contributed by atoms with van der Waals surface area (Å²) in [5.41, 5.74) is 3.61. The van der Waals surface area contributed by atoms with Gasteiger partial charge in [-0.2, -0.15) is 0 Å². The van der Waals surface area contributed by atoms with Crippen LogP contribution in [0.5, 0.6) is 11.8 Å². The third kappa shape index (κ3) is 4.53. The fraction of sp³-hybridized carbons (Fsp3) is 0.455. The molecular weight excluding hydrogens is 412 g/mol. The number of aryl methyl sites for hydroxylation is 3. The number of rotatable bonds is 9. The number of carboxylic acids is 1. The third-order valence-electron chi connectivity index (χ3n) is 5.80. The number of pyridine rings is 1. The maximum absolute atomic E-state index is 11.2. The number of hydrogen-bond donors (Lipinski definition) is 1. The second-order valence-electron chi connectivity index (χ2n) is 7.85. The van der Waals surface area contributed by atoms with E-state index in [2.05, 4.69) is 25.3 Å². The minimum Gasteiger partial charge on any atom is -0.491 e. The fourth-order valence-electron chi connectivity index (χ4n) is 3.64. The Kier molecular flexibility index (Phi) is 6.29. The average molecular weight is 438 g/mol. The van der Waals surface area contributed by atoms with Crippen LogP contribution in [0.4, 0.5) is 0 Å². The Balaban J connectivity index is 1.45. The summed E-state index contributed by atoms with van der Waals surface area (Å²) in [5.74, 6) is -0.383. The second kappa shape index (κ2) is 9.29. The van der Waals surface area contributed by atoms with Crippen LogP contribution in [-0.2, 0) is 24.9 Å². The normalized spacial score (nSPS) is 17.6. The molecular formula is C22H26N6O4. The molecule has 1 fully saturated rings. The maximum Gasteiger partial charge on any atom is 0.316 e. The zero-order chi connectivity index (χ0) is 22.7. The molecule has 1 aliphatic rings. The summed E-state index contributed by atoms with van der Waals surface area (Å²) in [6.45, 7) is 4.45. The lowest BCUT2D eigenvalue weighted by Crippen LogP contribution is -2.36. The molecule has 0 amide bonds. The van der Waals surface area contributed by atoms with Crippen molar-refractivity contribution >= 4 is 5.97 Å². The molecule has 168 valence electrons. The number of hydrogen-bond acceptors (Lipinski definition) is 8. The van der Waals surface area contributed by atoms with E-state index in [0.29, 0.717) is 41.9 Å². The molecule has 3 heterocycles. The predicted octanol–water partition coefficient (Wildman–Crippen LogP) is 2.61. The van der Waals surface area contributed by atoms with E-state index in [0.717, 1.165) is 24.2 Å². The highest BCUT2D eigenvalue weighted by molar-refractivity contribution is 5.71. The van der Waals surface area contributed by atoms with Crippen LogP contribution in [0, 0.1) is 18.8 Å². The monoisotopic (exact) mass is 438 g/mol. The van der Waals surface area contributed by atoms with Crippen LogP contribution >= 0.6 is 0 Å². The minimum atomic E-state index is -0.751. The molecule has 0 unspecified atom stereocenters. The lowest BCUT2D eigenvalue weighted by Gasteiger charge is -2.33. The van der Waals surface area contributed by atoms with Crippen LogP contribution in [0.2, 0.25) is 0 Å². The zero-order valence-electron chi connectivity index (χ0n) is 18.4. The van der Waals surface area contributed by atoms with E-state index in [1.807, 2.05) is 32.0 Å². The smallest absolute Gasteiger partial charge is 0.316 e. The highest BCUT2D eigenvalue weighted by Crippen LogP contribution is 2.35. The highest BCUT2D eigenvalue weighted by atomic mass is 16.5. The van der Waals surface area contributed by atoms with Gasteiger partial charge in [0.05, 0.1) is 23.9 Å². The van der Waals surface area contributed by atoms with Crippen molar-refractivity contribution in [1.82, 2.24) is 29.9 Å². The van der Waals surface area contributed by atoms with E-state index in [4.69, 9.17) is 9.47 Å². The number of aromatic nitrogens is 6. The van der Waals surface area contributed by atoms with Gasteiger partial charge in [-0.1, -0.05) is 12.1 Å². The van der Waals surface area contributed by atoms with Crippen LogP contribution in [0.3, 0.4) is 0 Å². The molecule has 0 aromatic carbocycles. The first kappa shape index (κ1) is 21.7. The van der Waals surface area contributed by atoms with Crippen molar-refractivity contribution < 1.29 is 19.4 Å². The van der Waals surface area contributed by atoms with Crippen LogP contribution in [0.15, 0.2) is 24.4 Å². The Bertz CT molecular complexity index is 1120. The van der Waals surface area contributed by atoms with Gasteiger partial charge in [0.1, 0.15) is 23.7 Å². The molecule has 1 aliphatic carbocycles. The van der Waals surface area contributed by atoms with Crippen LogP contribution in [-0.4, -0.2) is 47.6 Å². The zero-order valence-corrected chi connectivity index (χ0v) is 18.4.